The first-order valence-electron chi connectivity index (χ1n) is 6.93. The largest absolute Gasteiger partial charge is 0.493 e. The summed E-state index contributed by atoms with van der Waals surface area (Å²) < 4.78 is 10.8. The standard InChI is InChI=1S/C14H20N2O4.ClH/c17-16(18)13-4-3-5-14(12-13)20-9-2-1-6-15-7-10-19-11-8-15;/h3-5,12H,1-2,6-11H2;1H. The van der Waals surface area contributed by atoms with Gasteiger partial charge in [0.25, 0.3) is 5.69 Å². The zero-order valence-corrected chi connectivity index (χ0v) is 12.7. The highest BCUT2D eigenvalue weighted by Gasteiger charge is 2.09. The fraction of sp³-hybridized carbons (Fsp3) is 0.571. The predicted octanol–water partition coefficient (Wildman–Crippen LogP) is 2.51. The molecule has 118 valence electrons. The van der Waals surface area contributed by atoms with E-state index in [0.717, 1.165) is 45.7 Å². The summed E-state index contributed by atoms with van der Waals surface area (Å²) in [5, 5.41) is 10.6. The molecule has 6 nitrogen and oxygen atoms in total. The van der Waals surface area contributed by atoms with Crippen LogP contribution in [0.1, 0.15) is 12.8 Å². The van der Waals surface area contributed by atoms with Crippen molar-refractivity contribution in [2.75, 3.05) is 39.5 Å². The van der Waals surface area contributed by atoms with Crippen molar-refractivity contribution in [2.24, 2.45) is 0 Å². The van der Waals surface area contributed by atoms with E-state index >= 15 is 0 Å². The van der Waals surface area contributed by atoms with E-state index in [-0.39, 0.29) is 18.1 Å². The number of nitrogens with zero attached hydrogens (tertiary/aromatic N) is 2. The summed E-state index contributed by atoms with van der Waals surface area (Å²) in [5.41, 5.74) is 0.0656. The number of hydrogen-bond acceptors (Lipinski definition) is 5. The highest BCUT2D eigenvalue weighted by molar-refractivity contribution is 5.85. The molecule has 0 amide bonds. The monoisotopic (exact) mass is 316 g/mol. The van der Waals surface area contributed by atoms with Crippen molar-refractivity contribution in [3.63, 3.8) is 0 Å². The average Bonchev–Trinajstić information content (AvgIpc) is 2.48. The highest BCUT2D eigenvalue weighted by Crippen LogP contribution is 2.19. The van der Waals surface area contributed by atoms with Gasteiger partial charge in [-0.15, -0.1) is 12.4 Å². The molecule has 1 heterocycles. The Labute approximate surface area is 130 Å². The van der Waals surface area contributed by atoms with Gasteiger partial charge in [-0.1, -0.05) is 6.07 Å². The Balaban J connectivity index is 0.00000220. The molecule has 0 spiro atoms. The van der Waals surface area contributed by atoms with Gasteiger partial charge < -0.3 is 9.47 Å². The molecule has 1 fully saturated rings. The Kier molecular flexibility index (Phi) is 8.04. The molecule has 1 aliphatic heterocycles. The maximum Gasteiger partial charge on any atom is 0.273 e. The average molecular weight is 317 g/mol. The zero-order chi connectivity index (χ0) is 14.2. The Morgan fingerprint density at radius 2 is 2.05 bits per heavy atom. The smallest absolute Gasteiger partial charge is 0.273 e. The normalized spacial score (nSPS) is 15.2. The topological polar surface area (TPSA) is 64.8 Å². The van der Waals surface area contributed by atoms with Crippen LogP contribution < -0.4 is 4.74 Å². The Bertz CT molecular complexity index is 439. The first kappa shape index (κ1) is 17.7. The molecule has 1 aromatic rings. The van der Waals surface area contributed by atoms with Crippen LogP contribution in [0.4, 0.5) is 5.69 Å². The van der Waals surface area contributed by atoms with Crippen LogP contribution in [0.25, 0.3) is 0 Å². The Hall–Kier alpha value is -1.37. The summed E-state index contributed by atoms with van der Waals surface area (Å²) in [6.45, 7) is 5.30. The molecule has 21 heavy (non-hydrogen) atoms. The fourth-order valence-corrected chi connectivity index (χ4v) is 2.14. The minimum absolute atomic E-state index is 0. The molecule has 2 rings (SSSR count). The van der Waals surface area contributed by atoms with E-state index in [2.05, 4.69) is 4.90 Å². The summed E-state index contributed by atoms with van der Waals surface area (Å²) in [6, 6.07) is 6.31. The number of morpholine rings is 1. The van der Waals surface area contributed by atoms with Crippen molar-refractivity contribution in [3.8, 4) is 5.75 Å². The van der Waals surface area contributed by atoms with Gasteiger partial charge >= 0.3 is 0 Å². The van der Waals surface area contributed by atoms with Crippen molar-refractivity contribution < 1.29 is 14.4 Å². The van der Waals surface area contributed by atoms with Crippen molar-refractivity contribution in [1.29, 1.82) is 0 Å². The second-order valence-electron chi connectivity index (χ2n) is 4.76. The van der Waals surface area contributed by atoms with Crippen LogP contribution in [0.2, 0.25) is 0 Å². The van der Waals surface area contributed by atoms with Crippen LogP contribution in [0, 0.1) is 10.1 Å². The van der Waals surface area contributed by atoms with Gasteiger partial charge in [-0.2, -0.15) is 0 Å². The molecule has 0 bridgehead atoms. The molecule has 0 aromatic heterocycles. The molecule has 1 aromatic carbocycles. The summed E-state index contributed by atoms with van der Waals surface area (Å²) in [4.78, 5) is 12.6. The van der Waals surface area contributed by atoms with Gasteiger partial charge in [0.05, 0.1) is 30.8 Å². The highest BCUT2D eigenvalue weighted by atomic mass is 35.5. The number of nitro groups is 1. The Morgan fingerprint density at radius 3 is 2.76 bits per heavy atom. The molecule has 0 atom stereocenters. The first-order valence-corrected chi connectivity index (χ1v) is 6.93. The number of ether oxygens (including phenoxy) is 2. The summed E-state index contributed by atoms with van der Waals surface area (Å²) in [7, 11) is 0. The lowest BCUT2D eigenvalue weighted by Crippen LogP contribution is -2.36. The molecular weight excluding hydrogens is 296 g/mol. The van der Waals surface area contributed by atoms with E-state index in [1.54, 1.807) is 12.1 Å². The van der Waals surface area contributed by atoms with Crippen LogP contribution in [0.3, 0.4) is 0 Å². The molecule has 1 aliphatic rings. The second-order valence-corrected chi connectivity index (χ2v) is 4.76. The van der Waals surface area contributed by atoms with E-state index in [1.165, 1.54) is 12.1 Å². The number of hydrogen-bond donors (Lipinski definition) is 0. The molecule has 1 saturated heterocycles. The number of unbranched alkanes of at least 4 members (excludes halogenated alkanes) is 1. The van der Waals surface area contributed by atoms with Crippen LogP contribution in [-0.2, 0) is 4.74 Å². The van der Waals surface area contributed by atoms with E-state index in [0.29, 0.717) is 12.4 Å². The van der Waals surface area contributed by atoms with Crippen molar-refractivity contribution >= 4 is 18.1 Å². The van der Waals surface area contributed by atoms with Gasteiger partial charge in [0.1, 0.15) is 5.75 Å². The second kappa shape index (κ2) is 9.55. The lowest BCUT2D eigenvalue weighted by molar-refractivity contribution is -0.384. The Morgan fingerprint density at radius 1 is 1.29 bits per heavy atom. The van der Waals surface area contributed by atoms with Crippen molar-refractivity contribution in [3.05, 3.63) is 34.4 Å². The fourth-order valence-electron chi connectivity index (χ4n) is 2.14. The maximum atomic E-state index is 10.6. The third-order valence-electron chi connectivity index (χ3n) is 3.27. The zero-order valence-electron chi connectivity index (χ0n) is 11.9. The number of non-ortho nitro benzene ring substituents is 1. The molecule has 0 aliphatic carbocycles. The van der Waals surface area contributed by atoms with Crippen LogP contribution in [0.15, 0.2) is 24.3 Å². The SMILES string of the molecule is Cl.O=[N+]([O-])c1cccc(OCCCCN2CCOCC2)c1. The van der Waals surface area contributed by atoms with Gasteiger partial charge in [-0.05, 0) is 25.5 Å². The van der Waals surface area contributed by atoms with Gasteiger partial charge in [-0.3, -0.25) is 15.0 Å². The van der Waals surface area contributed by atoms with E-state index < -0.39 is 4.92 Å². The van der Waals surface area contributed by atoms with Crippen LogP contribution in [-0.4, -0.2) is 49.3 Å². The summed E-state index contributed by atoms with van der Waals surface area (Å²) in [6.07, 6.45) is 2.01. The van der Waals surface area contributed by atoms with Gasteiger partial charge in [0, 0.05) is 19.2 Å². The number of rotatable bonds is 7. The lowest BCUT2D eigenvalue weighted by atomic mass is 10.3. The molecule has 0 N–H and O–H groups in total. The number of benzene rings is 1. The van der Waals surface area contributed by atoms with Gasteiger partial charge in [0.2, 0.25) is 0 Å². The van der Waals surface area contributed by atoms with E-state index in [9.17, 15) is 10.1 Å². The molecule has 0 saturated carbocycles. The van der Waals surface area contributed by atoms with Gasteiger partial charge in [-0.25, -0.2) is 0 Å². The van der Waals surface area contributed by atoms with Crippen LogP contribution in [0.5, 0.6) is 5.75 Å². The molecule has 7 heteroatoms. The maximum absolute atomic E-state index is 10.6. The lowest BCUT2D eigenvalue weighted by Gasteiger charge is -2.26. The van der Waals surface area contributed by atoms with E-state index in [1.807, 2.05) is 0 Å². The third-order valence-corrected chi connectivity index (χ3v) is 3.27. The van der Waals surface area contributed by atoms with Crippen molar-refractivity contribution in [1.82, 2.24) is 4.90 Å². The minimum Gasteiger partial charge on any atom is -0.493 e. The van der Waals surface area contributed by atoms with Crippen molar-refractivity contribution in [2.45, 2.75) is 12.8 Å². The molecule has 0 radical (unpaired) electrons. The van der Waals surface area contributed by atoms with Gasteiger partial charge in [0.15, 0.2) is 0 Å². The number of nitro benzene ring substituents is 1. The number of halogens is 1. The summed E-state index contributed by atoms with van der Waals surface area (Å²) in [5.74, 6) is 0.561. The first-order chi connectivity index (χ1) is 9.75. The predicted molar refractivity (Wildman–Crippen MR) is 82.3 cm³/mol. The molecular formula is C14H21ClN2O4. The van der Waals surface area contributed by atoms with Crippen LogP contribution >= 0.6 is 12.4 Å². The molecule has 0 unspecified atom stereocenters. The quantitative estimate of drug-likeness (QED) is 0.439. The van der Waals surface area contributed by atoms with E-state index in [4.69, 9.17) is 9.47 Å². The summed E-state index contributed by atoms with van der Waals surface area (Å²) >= 11 is 0. The minimum atomic E-state index is -0.411. The third kappa shape index (κ3) is 6.29.